The molecule has 12 N–H and O–H groups in total. The van der Waals surface area contributed by atoms with E-state index in [9.17, 15) is 57.2 Å². The first-order chi connectivity index (χ1) is 69.4. The lowest BCUT2D eigenvalue weighted by molar-refractivity contribution is 0.0972. The fourth-order valence-corrected chi connectivity index (χ4v) is 21.3. The molecule has 4 amide bonds. The lowest BCUT2D eigenvalue weighted by Gasteiger charge is -2.35. The molecule has 16 rings (SSSR count). The van der Waals surface area contributed by atoms with E-state index in [4.69, 9.17) is 51.3 Å². The number of anilines is 8. The van der Waals surface area contributed by atoms with Crippen molar-refractivity contribution in [3.8, 4) is 62.4 Å². The Morgan fingerprint density at radius 1 is 0.456 bits per heavy atom. The molecule has 147 heavy (non-hydrogen) atoms. The fraction of sp³-hybridized carbons (Fsp3) is 0.385. The summed E-state index contributed by atoms with van der Waals surface area (Å²) in [6, 6.07) is 46.8. The van der Waals surface area contributed by atoms with Crippen LogP contribution in [0.2, 0.25) is 0 Å². The van der Waals surface area contributed by atoms with Gasteiger partial charge in [-0.25, -0.2) is 68.1 Å². The molecule has 0 spiro atoms. The number of aromatic amines is 1. The number of carbonyl (C=O) groups is 4. The second-order valence-electron chi connectivity index (χ2n) is 39.7. The zero-order chi connectivity index (χ0) is 107. The van der Waals surface area contributed by atoms with Gasteiger partial charge < -0.3 is 56.3 Å². The normalized spacial score (nSPS) is 17.1. The van der Waals surface area contributed by atoms with Crippen LogP contribution in [0.4, 0.5) is 50.9 Å². The number of ether oxygens (including phenoxy) is 3. The lowest BCUT2D eigenvalue weighted by Crippen LogP contribution is -2.41. The number of hydrogen-bond donors (Lipinski definition) is 9. The number of halogens is 1. The number of aromatic nitrogens is 11. The van der Waals surface area contributed by atoms with Crippen LogP contribution in [0, 0.1) is 35.4 Å². The molecule has 4 aliphatic heterocycles. The van der Waals surface area contributed by atoms with Crippen molar-refractivity contribution in [3.63, 3.8) is 0 Å². The Morgan fingerprint density at radius 3 is 1.28 bits per heavy atom. The van der Waals surface area contributed by atoms with Gasteiger partial charge in [-0.1, -0.05) is 66.7 Å². The van der Waals surface area contributed by atoms with Crippen LogP contribution in [0.5, 0.6) is 17.4 Å². The van der Waals surface area contributed by atoms with Crippen molar-refractivity contribution < 1.29 is 71.5 Å². The summed E-state index contributed by atoms with van der Waals surface area (Å²) in [7, 11) is -16.9. The number of nitrogens with two attached hydrogens (primary N) is 3. The third kappa shape index (κ3) is 28.0. The number of rotatable bonds is 30. The van der Waals surface area contributed by atoms with E-state index >= 15 is 0 Å². The summed E-state index contributed by atoms with van der Waals surface area (Å²) in [5.74, 6) is 2.37. The molecule has 780 valence electrons. The van der Waals surface area contributed by atoms with Crippen LogP contribution in [-0.4, -0.2) is 187 Å². The standard InChI is InChI=1S/C28H35N5O4S.C26H33N7O3S.C25H30FN5O4S.C25H30N6O4S/c1-18(2)17-37-21-11-9-20(10-12-21)23-14-13-22(26(30-23)33-16-19(3)15-28(33,4)5)27(34)32-38(35,36)25-8-6-7-24(29)31-25;1-16(2)29-22-12-9-18(14-28-22)20-11-10-19(24(30-20)33-15-17(3)13-26(33,4)5)25(34)32-37(35,36)23-8-6-7-21(27)31-23;1-16(2)15-35-20-13-18(12-19(26)14-20)22-8-7-21(24(28-22)31-11-5-4-6-17(31)3)25(32)30-36(33,34)23-9-10-27-29-23;1-15(2)35-22-11-8-18(14-27-22)20-10-9-19(24(28-20)31-13-12-16(3)17(31)4)25(32)30-36(33,34)23-7-5-6-21(26)29-23/h6-14,18-19H,15-17H2,1-5H3,(H2,29,31)(H,32,34);6-12,14,16-17H,13,15H2,1-5H3,(H2,27,31)(H,28,29)(H,32,34);7-10,12-14,16-17H,4-6,11,15H2,1-3H3,(H,27,29)(H,30,32);5-11,14-17H,12-13H2,1-4H3,(H2,26,29)(H,30,32). The average Bonchev–Trinajstić information content (AvgIpc) is 1.69. The van der Waals surface area contributed by atoms with Gasteiger partial charge in [-0.3, -0.25) is 24.3 Å². The third-order valence-corrected chi connectivity index (χ3v) is 29.7. The molecular weight excluding hydrogens is 1960 g/mol. The maximum absolute atomic E-state index is 14.4. The van der Waals surface area contributed by atoms with Gasteiger partial charge in [-0.2, -0.15) is 38.8 Å². The molecule has 4 saturated heterocycles. The molecule has 4 fully saturated rings. The van der Waals surface area contributed by atoms with E-state index in [2.05, 4.69) is 138 Å². The minimum Gasteiger partial charge on any atom is -0.493 e. The average molecular weight is 2090 g/mol. The number of sulfonamides is 4. The maximum Gasteiger partial charge on any atom is 0.281 e. The predicted molar refractivity (Wildman–Crippen MR) is 564 cm³/mol. The molecule has 14 heterocycles. The van der Waals surface area contributed by atoms with Crippen molar-refractivity contribution in [3.05, 3.63) is 223 Å². The number of H-pyrrole nitrogens is 1. The first-order valence-corrected chi connectivity index (χ1v) is 54.4. The van der Waals surface area contributed by atoms with E-state index in [1.54, 1.807) is 67.0 Å². The van der Waals surface area contributed by atoms with Crippen LogP contribution < -0.4 is 75.2 Å². The van der Waals surface area contributed by atoms with Crippen molar-refractivity contribution in [2.24, 2.45) is 29.6 Å². The largest absolute Gasteiger partial charge is 0.493 e. The van der Waals surface area contributed by atoms with Crippen LogP contribution >= 0.6 is 0 Å². The second-order valence-corrected chi connectivity index (χ2v) is 46.3. The number of pyridine rings is 9. The number of amides is 4. The van der Waals surface area contributed by atoms with Gasteiger partial charge in [0.05, 0.1) is 70.5 Å². The summed E-state index contributed by atoms with van der Waals surface area (Å²) in [5, 5.41) is 8.03. The quantitative estimate of drug-likeness (QED) is 0.0202. The third-order valence-electron chi connectivity index (χ3n) is 24.7. The fourth-order valence-electron chi connectivity index (χ4n) is 17.6. The number of benzene rings is 2. The maximum atomic E-state index is 14.4. The molecule has 2 aromatic carbocycles. The number of nitrogens with one attached hydrogen (secondary N) is 6. The van der Waals surface area contributed by atoms with Gasteiger partial charge in [-0.15, -0.1) is 0 Å². The summed E-state index contributed by atoms with van der Waals surface area (Å²) < 4.78 is 142. The monoisotopic (exact) mass is 2090 g/mol. The summed E-state index contributed by atoms with van der Waals surface area (Å²) in [4.78, 5) is 101. The van der Waals surface area contributed by atoms with Crippen molar-refractivity contribution in [1.29, 1.82) is 0 Å². The van der Waals surface area contributed by atoms with E-state index in [-0.39, 0.29) is 101 Å². The molecule has 10 aromatic heterocycles. The van der Waals surface area contributed by atoms with Crippen LogP contribution in [0.15, 0.2) is 215 Å². The molecule has 0 saturated carbocycles. The molecule has 0 bridgehead atoms. The van der Waals surface area contributed by atoms with Crippen LogP contribution in [0.1, 0.15) is 198 Å². The Morgan fingerprint density at radius 2 is 0.884 bits per heavy atom. The van der Waals surface area contributed by atoms with Crippen LogP contribution in [0.3, 0.4) is 0 Å². The van der Waals surface area contributed by atoms with Gasteiger partial charge in [0.1, 0.15) is 63.9 Å². The Labute approximate surface area is 857 Å². The molecular formula is C104H128FN23O15S4. The predicted octanol–water partition coefficient (Wildman–Crippen LogP) is 15.6. The minimum absolute atomic E-state index is 0.00308. The van der Waals surface area contributed by atoms with E-state index < -0.39 is 69.5 Å². The zero-order valence-electron chi connectivity index (χ0n) is 85.3. The summed E-state index contributed by atoms with van der Waals surface area (Å²) >= 11 is 0. The molecule has 0 aliphatic carbocycles. The second kappa shape index (κ2) is 46.4. The Kier molecular flexibility index (Phi) is 34.6. The summed E-state index contributed by atoms with van der Waals surface area (Å²) in [5.41, 5.74) is 22.2. The van der Waals surface area contributed by atoms with Crippen molar-refractivity contribution >= 4 is 110 Å². The van der Waals surface area contributed by atoms with Gasteiger partial charge in [0, 0.05) is 102 Å². The van der Waals surface area contributed by atoms with Gasteiger partial charge in [-0.05, 0) is 283 Å². The van der Waals surface area contributed by atoms with E-state index in [1.165, 1.54) is 85.1 Å². The highest BCUT2D eigenvalue weighted by Crippen LogP contribution is 2.43. The van der Waals surface area contributed by atoms with E-state index in [0.29, 0.717) is 126 Å². The Bertz CT molecular complexity index is 7220. The molecule has 43 heteroatoms. The van der Waals surface area contributed by atoms with Gasteiger partial charge in [0.2, 0.25) is 5.88 Å². The highest BCUT2D eigenvalue weighted by Gasteiger charge is 2.43. The number of hydrogen-bond acceptors (Lipinski definition) is 33. The molecule has 4 aliphatic rings. The highest BCUT2D eigenvalue weighted by molar-refractivity contribution is 7.90. The lowest BCUT2D eigenvalue weighted by atomic mass is 9.97. The van der Waals surface area contributed by atoms with E-state index in [0.717, 1.165) is 66.8 Å². The van der Waals surface area contributed by atoms with Gasteiger partial charge in [0.15, 0.2) is 20.1 Å². The topological polar surface area (TPSA) is 528 Å². The minimum atomic E-state index is -4.24. The van der Waals surface area contributed by atoms with Crippen LogP contribution in [0.25, 0.3) is 45.0 Å². The van der Waals surface area contributed by atoms with E-state index in [1.807, 2.05) is 101 Å². The number of piperidine rings is 1. The van der Waals surface area contributed by atoms with Crippen molar-refractivity contribution in [1.82, 2.24) is 73.9 Å². The van der Waals surface area contributed by atoms with Crippen molar-refractivity contribution in [2.45, 2.75) is 212 Å². The molecule has 5 unspecified atom stereocenters. The Balaban J connectivity index is 0.000000164. The van der Waals surface area contributed by atoms with Crippen LogP contribution in [-0.2, 0) is 40.1 Å². The number of nitrogens with zero attached hydrogens (tertiary/aromatic N) is 14. The Hall–Kier alpha value is -14.6. The smallest absolute Gasteiger partial charge is 0.281 e. The SMILES string of the molecule is CC(C)COc1cc(F)cc(-c2ccc(C(=O)NS(=O)(=O)c3ccn[nH]3)c(N3CCCCC3C)n2)c1.CC(C)COc1ccc(-c2ccc(C(=O)NS(=O)(=O)c3cccc(N)n3)c(N3CC(C)CC3(C)C)n2)cc1.CC(C)Oc1ccc(-c2ccc(C(=O)NS(=O)(=O)c3cccc(N)n3)c(N3CCC(C)C3C)n2)cn1.CC1CN(c2nc(-c3ccc(NC(C)C)nc3)ccc2C(=O)NS(=O)(=O)c2cccc(N)n2)C(C)(C)C1. The van der Waals surface area contributed by atoms with Gasteiger partial charge in [0.25, 0.3) is 63.7 Å². The molecule has 0 radical (unpaired) electrons. The van der Waals surface area contributed by atoms with Crippen molar-refractivity contribution in [2.75, 3.05) is 81.5 Å². The molecule has 5 atom stereocenters. The summed E-state index contributed by atoms with van der Waals surface area (Å²) in [6.45, 7) is 38.8. The zero-order valence-corrected chi connectivity index (χ0v) is 88.6. The number of nitrogen functional groups attached to an aromatic ring is 3. The first-order valence-electron chi connectivity index (χ1n) is 48.5. The highest BCUT2D eigenvalue weighted by atomic mass is 32.2. The molecule has 38 nitrogen and oxygen atoms in total. The first kappa shape index (κ1) is 110. The van der Waals surface area contributed by atoms with Gasteiger partial charge >= 0.3 is 0 Å². The summed E-state index contributed by atoms with van der Waals surface area (Å²) in [6.07, 6.45) is 10.3. The molecule has 12 aromatic rings. The number of carbonyl (C=O) groups excluding carboxylic acids is 4.